The average molecular weight is 281 g/mol. The van der Waals surface area contributed by atoms with Gasteiger partial charge in [-0.15, -0.1) is 0 Å². The Balaban J connectivity index is 1.62. The Kier molecular flexibility index (Phi) is 3.85. The summed E-state index contributed by atoms with van der Waals surface area (Å²) in [6.07, 6.45) is -0.391. The first-order valence-corrected chi connectivity index (χ1v) is 6.95. The van der Waals surface area contributed by atoms with Gasteiger partial charge in [-0.3, -0.25) is 11.2 Å². The fourth-order valence-electron chi connectivity index (χ4n) is 2.17. The Morgan fingerprint density at radius 2 is 1.86 bits per heavy atom. The van der Waals surface area contributed by atoms with Crippen molar-refractivity contribution in [3.05, 3.63) is 65.7 Å². The summed E-state index contributed by atoms with van der Waals surface area (Å²) in [5.41, 5.74) is 12.7. The van der Waals surface area contributed by atoms with Gasteiger partial charge in [0, 0.05) is 12.2 Å². The van der Waals surface area contributed by atoms with Crippen molar-refractivity contribution >= 4 is 11.6 Å². The molecule has 3 rings (SSSR count). The molecule has 1 aliphatic rings. The van der Waals surface area contributed by atoms with Gasteiger partial charge in [-0.25, -0.2) is 4.99 Å². The van der Waals surface area contributed by atoms with Crippen LogP contribution in [0.5, 0.6) is 0 Å². The smallest absolute Gasteiger partial charge is 0.213 e. The Morgan fingerprint density at radius 3 is 2.57 bits per heavy atom. The Bertz CT molecular complexity index is 621. The van der Waals surface area contributed by atoms with E-state index in [0.717, 1.165) is 5.69 Å². The maximum absolute atomic E-state index is 6.04. The predicted molar refractivity (Wildman–Crippen MR) is 85.3 cm³/mol. The number of aryl methyl sites for hydroxylation is 1. The Morgan fingerprint density at radius 1 is 1.14 bits per heavy atom. The van der Waals surface area contributed by atoms with Crippen LogP contribution in [-0.2, 0) is 6.54 Å². The fraction of sp³-hybridized carbons (Fsp3) is 0.188. The van der Waals surface area contributed by atoms with Gasteiger partial charge in [0.1, 0.15) is 0 Å². The van der Waals surface area contributed by atoms with Crippen LogP contribution in [0.15, 0.2) is 59.6 Å². The van der Waals surface area contributed by atoms with E-state index in [1.54, 1.807) is 0 Å². The zero-order valence-corrected chi connectivity index (χ0v) is 12.0. The molecule has 2 aromatic rings. The normalized spacial score (nSPS) is 18.2. The number of para-hydroxylation sites is 1. The number of hydrogen-bond acceptors (Lipinski definition) is 5. The molecule has 0 amide bonds. The summed E-state index contributed by atoms with van der Waals surface area (Å²) in [4.78, 5) is 4.38. The number of nitrogens with two attached hydrogens (primary N) is 1. The summed E-state index contributed by atoms with van der Waals surface area (Å²) in [6.45, 7) is 2.78. The van der Waals surface area contributed by atoms with E-state index in [4.69, 9.17) is 5.73 Å². The van der Waals surface area contributed by atoms with E-state index < -0.39 is 6.29 Å². The molecule has 1 heterocycles. The summed E-state index contributed by atoms with van der Waals surface area (Å²) in [5.74, 6) is 0.667. The molecule has 1 atom stereocenters. The molecule has 0 bridgehead atoms. The van der Waals surface area contributed by atoms with Gasteiger partial charge in [0.05, 0.1) is 0 Å². The Hall–Kier alpha value is -2.37. The third-order valence-electron chi connectivity index (χ3n) is 3.34. The standard InChI is InChI=1S/C16H19N5/c1-12-7-9-13(10-8-12)11-21-15(17)19-16(20-21)18-14-5-3-2-4-6-14/h2-10,15H,11,17H2,1H3,(H2,18,19,20). The number of guanidine groups is 1. The molecule has 0 spiro atoms. The van der Waals surface area contributed by atoms with E-state index in [1.165, 1.54) is 11.1 Å². The van der Waals surface area contributed by atoms with Crippen LogP contribution in [0.25, 0.3) is 0 Å². The second-order valence-electron chi connectivity index (χ2n) is 5.11. The van der Waals surface area contributed by atoms with Crippen LogP contribution in [-0.4, -0.2) is 17.3 Å². The predicted octanol–water partition coefficient (Wildman–Crippen LogP) is 2.03. The highest BCUT2D eigenvalue weighted by Crippen LogP contribution is 2.11. The molecule has 2 aromatic carbocycles. The van der Waals surface area contributed by atoms with Crippen molar-refractivity contribution in [2.75, 3.05) is 5.32 Å². The average Bonchev–Trinajstić information content (AvgIpc) is 2.82. The van der Waals surface area contributed by atoms with Crippen molar-refractivity contribution in [3.63, 3.8) is 0 Å². The van der Waals surface area contributed by atoms with Crippen molar-refractivity contribution in [2.45, 2.75) is 19.8 Å². The molecule has 21 heavy (non-hydrogen) atoms. The molecule has 1 aliphatic heterocycles. The minimum atomic E-state index is -0.391. The SMILES string of the molecule is Cc1ccc(CN2NC(Nc3ccccc3)=NC2N)cc1. The summed E-state index contributed by atoms with van der Waals surface area (Å²) >= 11 is 0. The summed E-state index contributed by atoms with van der Waals surface area (Å²) in [6, 6.07) is 18.3. The van der Waals surface area contributed by atoms with E-state index in [-0.39, 0.29) is 0 Å². The van der Waals surface area contributed by atoms with E-state index in [0.29, 0.717) is 12.5 Å². The van der Waals surface area contributed by atoms with Crippen molar-refractivity contribution in [2.24, 2.45) is 10.7 Å². The fourth-order valence-corrected chi connectivity index (χ4v) is 2.17. The van der Waals surface area contributed by atoms with E-state index >= 15 is 0 Å². The molecular formula is C16H19N5. The van der Waals surface area contributed by atoms with Gasteiger partial charge in [0.15, 0.2) is 6.29 Å². The highest BCUT2D eigenvalue weighted by molar-refractivity contribution is 5.94. The number of anilines is 1. The number of benzene rings is 2. The highest BCUT2D eigenvalue weighted by atomic mass is 15.7. The van der Waals surface area contributed by atoms with Crippen LogP contribution in [0.2, 0.25) is 0 Å². The lowest BCUT2D eigenvalue weighted by atomic mass is 10.1. The number of hydrogen-bond donors (Lipinski definition) is 3. The van der Waals surface area contributed by atoms with Gasteiger partial charge >= 0.3 is 0 Å². The number of aliphatic imine (C=N–C) groups is 1. The maximum atomic E-state index is 6.04. The minimum absolute atomic E-state index is 0.391. The largest absolute Gasteiger partial charge is 0.325 e. The van der Waals surface area contributed by atoms with Gasteiger partial charge in [-0.1, -0.05) is 48.0 Å². The molecule has 0 aromatic heterocycles. The molecule has 108 valence electrons. The van der Waals surface area contributed by atoms with Gasteiger partial charge in [0.25, 0.3) is 0 Å². The van der Waals surface area contributed by atoms with Gasteiger partial charge in [-0.05, 0) is 24.6 Å². The first-order chi connectivity index (χ1) is 10.2. The lowest BCUT2D eigenvalue weighted by Gasteiger charge is -2.20. The molecular weight excluding hydrogens is 262 g/mol. The molecule has 5 heteroatoms. The van der Waals surface area contributed by atoms with Crippen molar-refractivity contribution in [1.29, 1.82) is 0 Å². The van der Waals surface area contributed by atoms with E-state index in [9.17, 15) is 0 Å². The summed E-state index contributed by atoms with van der Waals surface area (Å²) in [5, 5.41) is 5.11. The van der Waals surface area contributed by atoms with Gasteiger partial charge < -0.3 is 5.32 Å². The monoisotopic (exact) mass is 281 g/mol. The molecule has 0 aliphatic carbocycles. The van der Waals surface area contributed by atoms with Crippen molar-refractivity contribution in [1.82, 2.24) is 10.4 Å². The van der Waals surface area contributed by atoms with Crippen molar-refractivity contribution < 1.29 is 0 Å². The third kappa shape index (κ3) is 3.39. The van der Waals surface area contributed by atoms with E-state index in [2.05, 4.69) is 46.9 Å². The molecule has 0 fully saturated rings. The summed E-state index contributed by atoms with van der Waals surface area (Å²) in [7, 11) is 0. The highest BCUT2D eigenvalue weighted by Gasteiger charge is 2.22. The molecule has 0 saturated carbocycles. The molecule has 1 unspecified atom stereocenters. The molecule has 0 radical (unpaired) electrons. The lowest BCUT2D eigenvalue weighted by molar-refractivity contribution is 0.184. The van der Waals surface area contributed by atoms with Crippen LogP contribution in [0.3, 0.4) is 0 Å². The number of hydrazine groups is 1. The first kappa shape index (κ1) is 13.6. The van der Waals surface area contributed by atoms with Crippen LogP contribution in [0, 0.1) is 6.92 Å². The second-order valence-corrected chi connectivity index (χ2v) is 5.11. The third-order valence-corrected chi connectivity index (χ3v) is 3.34. The lowest BCUT2D eigenvalue weighted by Crippen LogP contribution is -2.45. The minimum Gasteiger partial charge on any atom is -0.325 e. The zero-order chi connectivity index (χ0) is 14.7. The number of nitrogens with zero attached hydrogens (tertiary/aromatic N) is 2. The number of nitrogens with one attached hydrogen (secondary N) is 2. The molecule has 5 nitrogen and oxygen atoms in total. The van der Waals surface area contributed by atoms with Gasteiger partial charge in [0.2, 0.25) is 5.96 Å². The van der Waals surface area contributed by atoms with Crippen molar-refractivity contribution in [3.8, 4) is 0 Å². The van der Waals surface area contributed by atoms with Crippen LogP contribution in [0.1, 0.15) is 11.1 Å². The summed E-state index contributed by atoms with van der Waals surface area (Å²) < 4.78 is 0. The van der Waals surface area contributed by atoms with E-state index in [1.807, 2.05) is 35.3 Å². The van der Waals surface area contributed by atoms with Gasteiger partial charge in [-0.2, -0.15) is 5.01 Å². The second kappa shape index (κ2) is 5.95. The molecule has 4 N–H and O–H groups in total. The van der Waals surface area contributed by atoms with Crippen LogP contribution >= 0.6 is 0 Å². The number of rotatable bonds is 3. The zero-order valence-electron chi connectivity index (χ0n) is 12.0. The van der Waals surface area contributed by atoms with Crippen LogP contribution in [0.4, 0.5) is 5.69 Å². The van der Waals surface area contributed by atoms with Crippen LogP contribution < -0.4 is 16.5 Å². The first-order valence-electron chi connectivity index (χ1n) is 6.95. The topological polar surface area (TPSA) is 65.7 Å². The molecule has 0 saturated heterocycles. The quantitative estimate of drug-likeness (QED) is 0.805. The Labute approximate surface area is 124 Å². The maximum Gasteiger partial charge on any atom is 0.213 e.